The molecule has 1 aromatic carbocycles. The summed E-state index contributed by atoms with van der Waals surface area (Å²) in [6.07, 6.45) is 0. The van der Waals surface area contributed by atoms with Gasteiger partial charge in [-0.15, -0.1) is 10.2 Å². The summed E-state index contributed by atoms with van der Waals surface area (Å²) in [5.74, 6) is 5.57. The third kappa shape index (κ3) is 2.61. The van der Waals surface area contributed by atoms with Crippen LogP contribution in [0.25, 0.3) is 0 Å². The molecule has 2 aromatic rings. The fraction of sp³-hybridized carbons (Fsp3) is 0.167. The number of nitrogens with one attached hydrogen (secondary N) is 1. The topological polar surface area (TPSA) is 73.1 Å². The van der Waals surface area contributed by atoms with Crippen molar-refractivity contribution >= 4 is 0 Å². The number of methoxy groups -OCH3 is 1. The standard InChI is InChI=1S/C12H13FN4O/c1-18-11-6-5-10(16-17-11)12(15-14)8-3-2-4-9(13)7-8/h2-7,12,15H,14H2,1H3. The van der Waals surface area contributed by atoms with E-state index < -0.39 is 6.04 Å². The van der Waals surface area contributed by atoms with Crippen molar-refractivity contribution < 1.29 is 9.13 Å². The van der Waals surface area contributed by atoms with Gasteiger partial charge in [0.1, 0.15) is 5.82 Å². The second kappa shape index (κ2) is 5.52. The molecule has 94 valence electrons. The second-order valence-corrected chi connectivity index (χ2v) is 3.66. The maximum absolute atomic E-state index is 13.2. The summed E-state index contributed by atoms with van der Waals surface area (Å²) in [7, 11) is 1.51. The molecule has 1 heterocycles. The molecular formula is C12H13FN4O. The van der Waals surface area contributed by atoms with Crippen LogP contribution in [0.5, 0.6) is 5.88 Å². The highest BCUT2D eigenvalue weighted by Crippen LogP contribution is 2.20. The summed E-state index contributed by atoms with van der Waals surface area (Å²) in [4.78, 5) is 0. The molecule has 0 saturated carbocycles. The first-order valence-corrected chi connectivity index (χ1v) is 5.34. The van der Waals surface area contributed by atoms with Gasteiger partial charge in [-0.05, 0) is 23.8 Å². The van der Waals surface area contributed by atoms with Crippen molar-refractivity contribution in [2.24, 2.45) is 5.84 Å². The van der Waals surface area contributed by atoms with Crippen LogP contribution in [0.1, 0.15) is 17.3 Å². The Balaban J connectivity index is 2.32. The number of hydrogen-bond donors (Lipinski definition) is 2. The molecule has 3 N–H and O–H groups in total. The van der Waals surface area contributed by atoms with Crippen molar-refractivity contribution in [3.05, 3.63) is 53.5 Å². The monoisotopic (exact) mass is 248 g/mol. The van der Waals surface area contributed by atoms with Crippen LogP contribution in [0.2, 0.25) is 0 Å². The minimum atomic E-state index is -0.417. The number of benzene rings is 1. The van der Waals surface area contributed by atoms with Gasteiger partial charge in [0.2, 0.25) is 5.88 Å². The molecule has 0 bridgehead atoms. The Hall–Kier alpha value is -2.05. The molecular weight excluding hydrogens is 235 g/mol. The zero-order valence-electron chi connectivity index (χ0n) is 9.80. The summed E-state index contributed by atoms with van der Waals surface area (Å²) < 4.78 is 18.1. The number of hydrogen-bond acceptors (Lipinski definition) is 5. The smallest absolute Gasteiger partial charge is 0.233 e. The zero-order chi connectivity index (χ0) is 13.0. The Labute approximate surface area is 104 Å². The van der Waals surface area contributed by atoms with Gasteiger partial charge in [0.15, 0.2) is 0 Å². The first-order chi connectivity index (χ1) is 8.74. The average molecular weight is 248 g/mol. The highest BCUT2D eigenvalue weighted by Gasteiger charge is 2.15. The first kappa shape index (κ1) is 12.4. The predicted molar refractivity (Wildman–Crippen MR) is 64.2 cm³/mol. The number of rotatable bonds is 4. The lowest BCUT2D eigenvalue weighted by atomic mass is 10.0. The fourth-order valence-corrected chi connectivity index (χ4v) is 1.63. The van der Waals surface area contributed by atoms with Crippen LogP contribution in [0.15, 0.2) is 36.4 Å². The van der Waals surface area contributed by atoms with E-state index in [1.54, 1.807) is 24.3 Å². The SMILES string of the molecule is COc1ccc(C(NN)c2cccc(F)c2)nn1. The van der Waals surface area contributed by atoms with Crippen LogP contribution in [-0.4, -0.2) is 17.3 Å². The van der Waals surface area contributed by atoms with Gasteiger partial charge < -0.3 is 4.74 Å². The second-order valence-electron chi connectivity index (χ2n) is 3.66. The normalized spacial score (nSPS) is 12.2. The first-order valence-electron chi connectivity index (χ1n) is 5.34. The molecule has 18 heavy (non-hydrogen) atoms. The van der Waals surface area contributed by atoms with E-state index in [-0.39, 0.29) is 5.82 Å². The van der Waals surface area contributed by atoms with E-state index in [2.05, 4.69) is 15.6 Å². The molecule has 5 nitrogen and oxygen atoms in total. The quantitative estimate of drug-likeness (QED) is 0.628. The van der Waals surface area contributed by atoms with Gasteiger partial charge in [-0.3, -0.25) is 5.84 Å². The van der Waals surface area contributed by atoms with Crippen molar-refractivity contribution in [2.45, 2.75) is 6.04 Å². The van der Waals surface area contributed by atoms with Gasteiger partial charge in [-0.1, -0.05) is 12.1 Å². The molecule has 0 aliphatic rings. The van der Waals surface area contributed by atoms with Crippen LogP contribution in [0.3, 0.4) is 0 Å². The summed E-state index contributed by atoms with van der Waals surface area (Å²) in [6.45, 7) is 0. The maximum Gasteiger partial charge on any atom is 0.233 e. The number of ether oxygens (including phenoxy) is 1. The van der Waals surface area contributed by atoms with Gasteiger partial charge in [0.05, 0.1) is 18.8 Å². The van der Waals surface area contributed by atoms with Crippen molar-refractivity contribution in [2.75, 3.05) is 7.11 Å². The molecule has 0 aliphatic carbocycles. The molecule has 1 aromatic heterocycles. The van der Waals surface area contributed by atoms with Crippen LogP contribution in [-0.2, 0) is 0 Å². The summed E-state index contributed by atoms with van der Waals surface area (Å²) in [5.41, 5.74) is 3.85. The number of aromatic nitrogens is 2. The van der Waals surface area contributed by atoms with Crippen molar-refractivity contribution in [3.8, 4) is 5.88 Å². The van der Waals surface area contributed by atoms with Gasteiger partial charge in [0, 0.05) is 6.07 Å². The van der Waals surface area contributed by atoms with Crippen LogP contribution < -0.4 is 16.0 Å². The minimum absolute atomic E-state index is 0.325. The van der Waals surface area contributed by atoms with Crippen LogP contribution >= 0.6 is 0 Å². The summed E-state index contributed by atoms with van der Waals surface area (Å²) in [6, 6.07) is 9.13. The number of hydrazine groups is 1. The Morgan fingerprint density at radius 1 is 1.28 bits per heavy atom. The molecule has 1 unspecified atom stereocenters. The number of nitrogens with zero attached hydrogens (tertiary/aromatic N) is 2. The Morgan fingerprint density at radius 3 is 2.67 bits per heavy atom. The van der Waals surface area contributed by atoms with Gasteiger partial charge in [-0.25, -0.2) is 9.82 Å². The van der Waals surface area contributed by atoms with E-state index in [9.17, 15) is 4.39 Å². The highest BCUT2D eigenvalue weighted by atomic mass is 19.1. The Morgan fingerprint density at radius 2 is 2.11 bits per heavy atom. The summed E-state index contributed by atoms with van der Waals surface area (Å²) in [5, 5.41) is 7.84. The highest BCUT2D eigenvalue weighted by molar-refractivity contribution is 5.28. The predicted octanol–water partition coefficient (Wildman–Crippen LogP) is 1.18. The molecule has 2 rings (SSSR count). The Kier molecular flexibility index (Phi) is 3.81. The van der Waals surface area contributed by atoms with E-state index in [0.717, 1.165) is 0 Å². The average Bonchev–Trinajstić information content (AvgIpc) is 2.40. The fourth-order valence-electron chi connectivity index (χ4n) is 1.63. The van der Waals surface area contributed by atoms with Crippen molar-refractivity contribution in [3.63, 3.8) is 0 Å². The lowest BCUT2D eigenvalue weighted by molar-refractivity contribution is 0.390. The number of halogens is 1. The van der Waals surface area contributed by atoms with E-state index in [0.29, 0.717) is 17.1 Å². The lowest BCUT2D eigenvalue weighted by Gasteiger charge is -2.15. The van der Waals surface area contributed by atoms with E-state index in [4.69, 9.17) is 10.6 Å². The molecule has 0 saturated heterocycles. The third-order valence-corrected chi connectivity index (χ3v) is 2.51. The summed E-state index contributed by atoms with van der Waals surface area (Å²) >= 11 is 0. The zero-order valence-corrected chi connectivity index (χ0v) is 9.80. The Bertz CT molecular complexity index is 518. The largest absolute Gasteiger partial charge is 0.480 e. The molecule has 0 amide bonds. The lowest BCUT2D eigenvalue weighted by Crippen LogP contribution is -2.29. The van der Waals surface area contributed by atoms with Gasteiger partial charge in [0.25, 0.3) is 0 Å². The van der Waals surface area contributed by atoms with Crippen LogP contribution in [0, 0.1) is 5.82 Å². The molecule has 0 aliphatic heterocycles. The molecule has 6 heteroatoms. The van der Waals surface area contributed by atoms with Crippen molar-refractivity contribution in [1.82, 2.24) is 15.6 Å². The maximum atomic E-state index is 13.2. The third-order valence-electron chi connectivity index (χ3n) is 2.51. The molecule has 0 radical (unpaired) electrons. The van der Waals surface area contributed by atoms with E-state index in [1.807, 2.05) is 0 Å². The molecule has 0 fully saturated rings. The van der Waals surface area contributed by atoms with E-state index in [1.165, 1.54) is 19.2 Å². The molecule has 0 spiro atoms. The van der Waals surface area contributed by atoms with Crippen molar-refractivity contribution in [1.29, 1.82) is 0 Å². The van der Waals surface area contributed by atoms with E-state index >= 15 is 0 Å². The van der Waals surface area contributed by atoms with Gasteiger partial charge >= 0.3 is 0 Å². The molecule has 1 atom stereocenters. The van der Waals surface area contributed by atoms with Crippen LogP contribution in [0.4, 0.5) is 4.39 Å². The number of nitrogens with two attached hydrogens (primary N) is 1. The minimum Gasteiger partial charge on any atom is -0.480 e. The van der Waals surface area contributed by atoms with Gasteiger partial charge in [-0.2, -0.15) is 0 Å².